The Labute approximate surface area is 96.0 Å². The van der Waals surface area contributed by atoms with Gasteiger partial charge in [-0.05, 0) is 6.92 Å². The summed E-state index contributed by atoms with van der Waals surface area (Å²) in [5, 5.41) is 2.98. The average molecular weight is 231 g/mol. The molecule has 0 saturated carbocycles. The van der Waals surface area contributed by atoms with Crippen molar-refractivity contribution in [2.75, 3.05) is 34.4 Å². The van der Waals surface area contributed by atoms with E-state index in [9.17, 15) is 4.79 Å². The molecule has 1 unspecified atom stereocenters. The van der Waals surface area contributed by atoms with Crippen LogP contribution >= 0.6 is 0 Å². The minimum absolute atomic E-state index is 0.0548. The van der Waals surface area contributed by atoms with Gasteiger partial charge in [0.25, 0.3) is 0 Å². The van der Waals surface area contributed by atoms with Crippen LogP contribution in [-0.2, 0) is 9.53 Å². The number of ether oxygens (including phenoxy) is 1. The molecule has 0 aliphatic heterocycles. The highest BCUT2D eigenvalue weighted by Gasteiger charge is 2.06. The van der Waals surface area contributed by atoms with E-state index in [4.69, 9.17) is 10.6 Å². The Kier molecular flexibility index (Phi) is 7.23. The predicted octanol–water partition coefficient (Wildman–Crippen LogP) is -1.48. The molecule has 1 atom stereocenters. The summed E-state index contributed by atoms with van der Waals surface area (Å²) in [4.78, 5) is 16.7. The maximum atomic E-state index is 11.3. The number of amides is 1. The SMILES string of the molecule is COCC(C)NC(=NCC(=O)N(C)C)NN. The second kappa shape index (κ2) is 7.89. The lowest BCUT2D eigenvalue weighted by molar-refractivity contribution is -0.127. The van der Waals surface area contributed by atoms with E-state index in [0.717, 1.165) is 0 Å². The van der Waals surface area contributed by atoms with Gasteiger partial charge in [-0.2, -0.15) is 0 Å². The molecular weight excluding hydrogens is 210 g/mol. The summed E-state index contributed by atoms with van der Waals surface area (Å²) < 4.78 is 4.95. The molecular formula is C9H21N5O2. The summed E-state index contributed by atoms with van der Waals surface area (Å²) in [5.74, 6) is 5.56. The van der Waals surface area contributed by atoms with E-state index < -0.39 is 0 Å². The third-order valence-electron chi connectivity index (χ3n) is 1.81. The summed E-state index contributed by atoms with van der Waals surface area (Å²) >= 11 is 0. The summed E-state index contributed by atoms with van der Waals surface area (Å²) in [6, 6.07) is 0.0641. The van der Waals surface area contributed by atoms with Gasteiger partial charge >= 0.3 is 0 Å². The number of hydrogen-bond donors (Lipinski definition) is 3. The van der Waals surface area contributed by atoms with Crippen molar-refractivity contribution in [1.82, 2.24) is 15.6 Å². The van der Waals surface area contributed by atoms with Crippen LogP contribution in [0, 0.1) is 0 Å². The minimum atomic E-state index is -0.0889. The van der Waals surface area contributed by atoms with Crippen molar-refractivity contribution in [3.63, 3.8) is 0 Å². The van der Waals surface area contributed by atoms with Gasteiger partial charge in [0, 0.05) is 27.2 Å². The smallest absolute Gasteiger partial charge is 0.243 e. The molecule has 0 rings (SSSR count). The number of carbonyl (C=O) groups is 1. The zero-order valence-electron chi connectivity index (χ0n) is 10.3. The van der Waals surface area contributed by atoms with E-state index in [1.807, 2.05) is 6.92 Å². The van der Waals surface area contributed by atoms with Crippen molar-refractivity contribution in [3.05, 3.63) is 0 Å². The normalized spacial score (nSPS) is 13.2. The molecule has 0 spiro atoms. The third-order valence-corrected chi connectivity index (χ3v) is 1.81. The van der Waals surface area contributed by atoms with Gasteiger partial charge in [0.2, 0.25) is 11.9 Å². The number of nitrogens with two attached hydrogens (primary N) is 1. The lowest BCUT2D eigenvalue weighted by atomic mass is 10.4. The van der Waals surface area contributed by atoms with Crippen molar-refractivity contribution in [1.29, 1.82) is 0 Å². The molecule has 7 heteroatoms. The molecule has 0 aliphatic carbocycles. The van der Waals surface area contributed by atoms with Gasteiger partial charge < -0.3 is 15.0 Å². The molecule has 4 N–H and O–H groups in total. The minimum Gasteiger partial charge on any atom is -0.383 e. The number of nitrogens with one attached hydrogen (secondary N) is 2. The zero-order chi connectivity index (χ0) is 12.6. The van der Waals surface area contributed by atoms with Crippen molar-refractivity contribution in [2.24, 2.45) is 10.8 Å². The fraction of sp³-hybridized carbons (Fsp3) is 0.778. The van der Waals surface area contributed by atoms with Crippen LogP contribution in [0.1, 0.15) is 6.92 Å². The second-order valence-corrected chi connectivity index (χ2v) is 3.60. The van der Waals surface area contributed by atoms with Crippen LogP contribution in [0.3, 0.4) is 0 Å². The van der Waals surface area contributed by atoms with Crippen LogP contribution in [0.2, 0.25) is 0 Å². The Bertz CT molecular complexity index is 242. The lowest BCUT2D eigenvalue weighted by Crippen LogP contribution is -2.47. The Morgan fingerprint density at radius 1 is 1.56 bits per heavy atom. The van der Waals surface area contributed by atoms with E-state index in [1.165, 1.54) is 4.90 Å². The first kappa shape index (κ1) is 14.7. The number of guanidine groups is 1. The molecule has 16 heavy (non-hydrogen) atoms. The fourth-order valence-corrected chi connectivity index (χ4v) is 0.946. The van der Waals surface area contributed by atoms with Gasteiger partial charge in [-0.3, -0.25) is 10.2 Å². The van der Waals surface area contributed by atoms with Crippen LogP contribution in [0.25, 0.3) is 0 Å². The molecule has 0 heterocycles. The monoisotopic (exact) mass is 231 g/mol. The first-order valence-electron chi connectivity index (χ1n) is 4.98. The van der Waals surface area contributed by atoms with Crippen molar-refractivity contribution in [3.8, 4) is 0 Å². The molecule has 1 amide bonds. The maximum absolute atomic E-state index is 11.3. The summed E-state index contributed by atoms with van der Waals surface area (Å²) in [6.07, 6.45) is 0. The molecule has 0 saturated heterocycles. The molecule has 0 bridgehead atoms. The van der Waals surface area contributed by atoms with Crippen LogP contribution in [0.5, 0.6) is 0 Å². The molecule has 0 radical (unpaired) electrons. The molecule has 0 aliphatic rings. The first-order valence-corrected chi connectivity index (χ1v) is 4.98. The number of rotatable bonds is 5. The number of hydrazine groups is 1. The van der Waals surface area contributed by atoms with Crippen LogP contribution in [0.15, 0.2) is 4.99 Å². The maximum Gasteiger partial charge on any atom is 0.243 e. The highest BCUT2D eigenvalue weighted by atomic mass is 16.5. The molecule has 0 aromatic rings. The van der Waals surface area contributed by atoms with Gasteiger partial charge in [-0.25, -0.2) is 10.8 Å². The van der Waals surface area contributed by atoms with Gasteiger partial charge in [-0.1, -0.05) is 0 Å². The van der Waals surface area contributed by atoms with Gasteiger partial charge in [-0.15, -0.1) is 0 Å². The number of likely N-dealkylation sites (N-methyl/N-ethyl adjacent to an activating group) is 1. The third kappa shape index (κ3) is 6.20. The van der Waals surface area contributed by atoms with Gasteiger partial charge in [0.15, 0.2) is 0 Å². The Morgan fingerprint density at radius 3 is 2.62 bits per heavy atom. The molecule has 94 valence electrons. The lowest BCUT2D eigenvalue weighted by Gasteiger charge is -2.15. The number of aliphatic imine (C=N–C) groups is 1. The fourth-order valence-electron chi connectivity index (χ4n) is 0.946. The summed E-state index contributed by atoms with van der Waals surface area (Å²) in [7, 11) is 4.96. The number of carbonyl (C=O) groups excluding carboxylic acids is 1. The second-order valence-electron chi connectivity index (χ2n) is 3.60. The number of nitrogens with zero attached hydrogens (tertiary/aromatic N) is 2. The van der Waals surface area contributed by atoms with E-state index >= 15 is 0 Å². The topological polar surface area (TPSA) is 92.0 Å². The molecule has 0 aromatic heterocycles. The standard InChI is InChI=1S/C9H21N5O2/c1-7(6-16-4)12-9(13-10)11-5-8(15)14(2)3/h7H,5-6,10H2,1-4H3,(H2,11,12,13). The van der Waals surface area contributed by atoms with E-state index in [2.05, 4.69) is 15.7 Å². The van der Waals surface area contributed by atoms with Gasteiger partial charge in [0.1, 0.15) is 6.54 Å². The van der Waals surface area contributed by atoms with Crippen molar-refractivity contribution >= 4 is 11.9 Å². The quantitative estimate of drug-likeness (QED) is 0.232. The van der Waals surface area contributed by atoms with E-state index in [1.54, 1.807) is 21.2 Å². The average Bonchev–Trinajstić information content (AvgIpc) is 2.23. The Hall–Kier alpha value is -1.34. The molecule has 7 nitrogen and oxygen atoms in total. The predicted molar refractivity (Wildman–Crippen MR) is 62.8 cm³/mol. The molecule has 0 aromatic carbocycles. The van der Waals surface area contributed by atoms with E-state index in [-0.39, 0.29) is 18.5 Å². The highest BCUT2D eigenvalue weighted by Crippen LogP contribution is 1.84. The van der Waals surface area contributed by atoms with Crippen LogP contribution < -0.4 is 16.6 Å². The first-order chi connectivity index (χ1) is 7.51. The van der Waals surface area contributed by atoms with Crippen molar-refractivity contribution in [2.45, 2.75) is 13.0 Å². The largest absolute Gasteiger partial charge is 0.383 e. The van der Waals surface area contributed by atoms with Crippen LogP contribution in [-0.4, -0.2) is 57.2 Å². The van der Waals surface area contributed by atoms with Crippen LogP contribution in [0.4, 0.5) is 0 Å². The summed E-state index contributed by atoms with van der Waals surface area (Å²) in [6.45, 7) is 2.51. The molecule has 0 fully saturated rings. The highest BCUT2D eigenvalue weighted by molar-refractivity contribution is 5.84. The van der Waals surface area contributed by atoms with Gasteiger partial charge in [0.05, 0.1) is 6.61 Å². The Balaban J connectivity index is 4.16. The van der Waals surface area contributed by atoms with Crippen molar-refractivity contribution < 1.29 is 9.53 Å². The Morgan fingerprint density at radius 2 is 2.19 bits per heavy atom. The summed E-state index contributed by atoms with van der Waals surface area (Å²) in [5.41, 5.74) is 2.40. The van der Waals surface area contributed by atoms with E-state index in [0.29, 0.717) is 12.6 Å². The zero-order valence-corrected chi connectivity index (χ0v) is 10.3. The number of hydrogen-bond acceptors (Lipinski definition) is 4. The number of methoxy groups -OCH3 is 1.